The Morgan fingerprint density at radius 2 is 1.06 bits per heavy atom. The molecule has 1 aromatic heterocycles. The zero-order valence-corrected chi connectivity index (χ0v) is 37.7. The number of methoxy groups -OCH3 is 2. The van der Waals surface area contributed by atoms with Crippen LogP contribution in [0.3, 0.4) is 0 Å². The maximum atomic E-state index is 14.3. The van der Waals surface area contributed by atoms with E-state index in [-0.39, 0.29) is 12.4 Å². The van der Waals surface area contributed by atoms with Gasteiger partial charge < -0.3 is 29.4 Å². The molecule has 0 unspecified atom stereocenters. The van der Waals surface area contributed by atoms with Gasteiger partial charge in [0.15, 0.2) is 6.23 Å². The molecule has 0 bridgehead atoms. The lowest BCUT2D eigenvalue weighted by atomic mass is 9.80. The van der Waals surface area contributed by atoms with Crippen LogP contribution in [0.2, 0.25) is 0 Å². The number of hydrogen-bond acceptors (Lipinski definition) is 9. The third kappa shape index (κ3) is 9.02. The summed E-state index contributed by atoms with van der Waals surface area (Å²) in [6.45, 7) is -0.107. The lowest BCUT2D eigenvalue weighted by Crippen LogP contribution is -2.40. The van der Waals surface area contributed by atoms with Crippen LogP contribution in [-0.2, 0) is 19.8 Å². The molecule has 0 radical (unpaired) electrons. The third-order valence-electron chi connectivity index (χ3n) is 12.2. The van der Waals surface area contributed by atoms with Gasteiger partial charge in [-0.25, -0.2) is 4.79 Å². The van der Waals surface area contributed by atoms with Crippen LogP contribution in [0.15, 0.2) is 217 Å². The van der Waals surface area contributed by atoms with Gasteiger partial charge in [0.2, 0.25) is 0 Å². The van der Waals surface area contributed by atoms with E-state index in [1.807, 2.05) is 140 Å². The Kier molecular flexibility index (Phi) is 13.5. The Morgan fingerprint density at radius 1 is 0.627 bits per heavy atom. The van der Waals surface area contributed by atoms with E-state index in [4.69, 9.17) is 18.9 Å². The Morgan fingerprint density at radius 3 is 1.51 bits per heavy atom. The van der Waals surface area contributed by atoms with E-state index < -0.39 is 45.6 Å². The molecule has 11 heteroatoms. The quantitative estimate of drug-likeness (QED) is 0.0914. The summed E-state index contributed by atoms with van der Waals surface area (Å²) < 4.78 is 25.9. The number of carbonyl (C=O) groups is 1. The molecule has 0 spiro atoms. The van der Waals surface area contributed by atoms with E-state index in [1.54, 1.807) is 50.7 Å². The molecule has 1 amide bonds. The van der Waals surface area contributed by atoms with Crippen LogP contribution >= 0.6 is 11.8 Å². The Labute approximate surface area is 393 Å². The van der Waals surface area contributed by atoms with Crippen LogP contribution < -0.4 is 20.5 Å². The molecule has 67 heavy (non-hydrogen) atoms. The molecule has 10 nitrogen and oxygen atoms in total. The fourth-order valence-corrected chi connectivity index (χ4v) is 10.7. The molecule has 4 atom stereocenters. The molecular weight excluding hydrogens is 859 g/mol. The van der Waals surface area contributed by atoms with Crippen LogP contribution in [0.5, 0.6) is 11.5 Å². The number of aliphatic hydroxyl groups excluding tert-OH is 1. The summed E-state index contributed by atoms with van der Waals surface area (Å²) in [5.41, 5.74) is 3.89. The molecule has 1 fully saturated rings. The van der Waals surface area contributed by atoms with Gasteiger partial charge in [-0.2, -0.15) is 4.98 Å². The normalized spacial score (nSPS) is 17.1. The van der Waals surface area contributed by atoms with Crippen LogP contribution in [0, 0.1) is 0 Å². The van der Waals surface area contributed by atoms with Gasteiger partial charge in [0, 0.05) is 11.8 Å². The molecule has 0 saturated carbocycles. The number of benzene rings is 7. The van der Waals surface area contributed by atoms with Crippen molar-refractivity contribution in [1.29, 1.82) is 0 Å². The first-order chi connectivity index (χ1) is 32.8. The molecule has 1 aliphatic rings. The number of aliphatic hydroxyl groups is 1. The Bertz CT molecular complexity index is 2780. The summed E-state index contributed by atoms with van der Waals surface area (Å²) in [6, 6.07) is 66.1. The van der Waals surface area contributed by atoms with Gasteiger partial charge in [-0.05, 0) is 75.8 Å². The second kappa shape index (κ2) is 20.1. The smallest absolute Gasteiger partial charge is 0.351 e. The molecule has 2 heterocycles. The highest BCUT2D eigenvalue weighted by molar-refractivity contribution is 8.01. The van der Waals surface area contributed by atoms with E-state index in [0.717, 1.165) is 33.4 Å². The lowest BCUT2D eigenvalue weighted by Gasteiger charge is -2.39. The van der Waals surface area contributed by atoms with Crippen molar-refractivity contribution < 1.29 is 28.8 Å². The largest absolute Gasteiger partial charge is 0.497 e. The standard InChI is InChI=1S/C56H49N3O7S/c1-63-46-32-28-41(29-33-46)55(40-20-10-4-11-21-40,42-30-34-47(64-2)35-31-42)65-38-48-50(60)51(53(66-48)59-37-36-49(58-54(59)62)57-52(61)39-18-8-3-9-19-39)67-56(43-22-12-5-13-23-43,44-24-14-6-15-25-44)45-26-16-7-17-27-45/h3-37,48,50-51,53,60H,38H2,1-2H3,(H,57,58,61,62)/t48-,50-,51-,53-/m1/s1. The van der Waals surface area contributed by atoms with Crippen molar-refractivity contribution in [2.75, 3.05) is 26.1 Å². The zero-order valence-electron chi connectivity index (χ0n) is 36.9. The van der Waals surface area contributed by atoms with E-state index in [0.29, 0.717) is 17.1 Å². The minimum atomic E-state index is -1.22. The summed E-state index contributed by atoms with van der Waals surface area (Å²) in [7, 11) is 3.25. The third-order valence-corrected chi connectivity index (χ3v) is 14.0. The zero-order chi connectivity index (χ0) is 46.2. The minimum absolute atomic E-state index is 0.0802. The average molecular weight is 908 g/mol. The maximum absolute atomic E-state index is 14.3. The Hall–Kier alpha value is -7.28. The molecule has 1 saturated heterocycles. The highest BCUT2D eigenvalue weighted by Gasteiger charge is 2.52. The van der Waals surface area contributed by atoms with E-state index >= 15 is 0 Å². The second-order valence-corrected chi connectivity index (χ2v) is 17.4. The number of ether oxygens (including phenoxy) is 4. The topological polar surface area (TPSA) is 121 Å². The number of aromatic nitrogens is 2. The fourth-order valence-electron chi connectivity index (χ4n) is 8.87. The second-order valence-electron chi connectivity index (χ2n) is 16.1. The van der Waals surface area contributed by atoms with Crippen molar-refractivity contribution in [1.82, 2.24) is 9.55 Å². The van der Waals surface area contributed by atoms with E-state index in [9.17, 15) is 14.7 Å². The summed E-state index contributed by atoms with van der Waals surface area (Å²) >= 11 is 1.51. The summed E-state index contributed by atoms with van der Waals surface area (Å²) in [5.74, 6) is 1.04. The van der Waals surface area contributed by atoms with Gasteiger partial charge >= 0.3 is 5.69 Å². The molecular formula is C56H49N3O7S. The van der Waals surface area contributed by atoms with Crippen molar-refractivity contribution >= 4 is 23.5 Å². The number of rotatable bonds is 16. The van der Waals surface area contributed by atoms with Crippen molar-refractivity contribution in [3.8, 4) is 11.5 Å². The number of carbonyl (C=O) groups excluding carboxylic acids is 1. The van der Waals surface area contributed by atoms with Gasteiger partial charge in [-0.15, -0.1) is 11.8 Å². The number of anilines is 1. The number of thioether (sulfide) groups is 1. The predicted molar refractivity (Wildman–Crippen MR) is 262 cm³/mol. The van der Waals surface area contributed by atoms with Gasteiger partial charge in [-0.3, -0.25) is 9.36 Å². The van der Waals surface area contributed by atoms with Crippen LogP contribution in [-0.4, -0.2) is 58.8 Å². The monoisotopic (exact) mass is 907 g/mol. The molecule has 2 N–H and O–H groups in total. The van der Waals surface area contributed by atoms with Gasteiger partial charge in [0.1, 0.15) is 29.0 Å². The van der Waals surface area contributed by atoms with Crippen LogP contribution in [0.4, 0.5) is 5.82 Å². The lowest BCUT2D eigenvalue weighted by molar-refractivity contribution is -0.0943. The van der Waals surface area contributed by atoms with Crippen LogP contribution in [0.1, 0.15) is 50.0 Å². The Balaban J connectivity index is 1.16. The first-order valence-corrected chi connectivity index (χ1v) is 22.8. The van der Waals surface area contributed by atoms with Gasteiger partial charge in [-0.1, -0.05) is 164 Å². The van der Waals surface area contributed by atoms with Gasteiger partial charge in [0.25, 0.3) is 5.91 Å². The number of nitrogens with zero attached hydrogens (tertiary/aromatic N) is 2. The number of hydrogen-bond donors (Lipinski definition) is 2. The maximum Gasteiger partial charge on any atom is 0.351 e. The molecule has 336 valence electrons. The first kappa shape index (κ1) is 44.9. The summed E-state index contributed by atoms with van der Waals surface area (Å²) in [6.07, 6.45) is -1.67. The van der Waals surface area contributed by atoms with E-state index in [1.165, 1.54) is 16.3 Å². The first-order valence-electron chi connectivity index (χ1n) is 22.0. The highest BCUT2D eigenvalue weighted by Crippen LogP contribution is 2.55. The van der Waals surface area contributed by atoms with E-state index in [2.05, 4.69) is 46.7 Å². The summed E-state index contributed by atoms with van der Waals surface area (Å²) in [5, 5.41) is 14.9. The number of amides is 1. The SMILES string of the molecule is COc1ccc(C(OC[C@H]2O[C@@H](n3ccc(NC(=O)c4ccccc4)nc3=O)[C@H](SC(c3ccccc3)(c3ccccc3)c3ccccc3)[C@@H]2O)(c2ccccc2)c2ccc(OC)cc2)cc1. The molecule has 0 aliphatic carbocycles. The molecule has 9 rings (SSSR count). The fraction of sp³-hybridized carbons (Fsp3) is 0.161. The summed E-state index contributed by atoms with van der Waals surface area (Å²) in [4.78, 5) is 31.8. The van der Waals surface area contributed by atoms with Crippen molar-refractivity contribution in [2.24, 2.45) is 0 Å². The molecule has 7 aromatic carbocycles. The van der Waals surface area contributed by atoms with Crippen molar-refractivity contribution in [3.05, 3.63) is 262 Å². The van der Waals surface area contributed by atoms with Crippen molar-refractivity contribution in [3.63, 3.8) is 0 Å². The molecule has 1 aliphatic heterocycles. The molecule has 8 aromatic rings. The van der Waals surface area contributed by atoms with Gasteiger partial charge in [0.05, 0.1) is 36.9 Å². The average Bonchev–Trinajstić information content (AvgIpc) is 3.70. The highest BCUT2D eigenvalue weighted by atomic mass is 32.2. The number of nitrogens with one attached hydrogen (secondary N) is 1. The van der Waals surface area contributed by atoms with Crippen LogP contribution in [0.25, 0.3) is 0 Å². The predicted octanol–water partition coefficient (Wildman–Crippen LogP) is 9.87. The minimum Gasteiger partial charge on any atom is -0.497 e. The van der Waals surface area contributed by atoms with Crippen molar-refractivity contribution in [2.45, 2.75) is 34.0 Å².